The van der Waals surface area contributed by atoms with Crippen molar-refractivity contribution in [1.29, 1.82) is 0 Å². The van der Waals surface area contributed by atoms with Gasteiger partial charge in [-0.05, 0) is 19.8 Å². The molecule has 0 aromatic carbocycles. The van der Waals surface area contributed by atoms with Crippen LogP contribution in [0.15, 0.2) is 0 Å². The Morgan fingerprint density at radius 2 is 2.08 bits per heavy atom. The first kappa shape index (κ1) is 11.9. The molecule has 0 spiro atoms. The molecule has 2 unspecified atom stereocenters. The van der Waals surface area contributed by atoms with Crippen molar-refractivity contribution < 1.29 is 9.84 Å². The van der Waals surface area contributed by atoms with Gasteiger partial charge in [-0.3, -0.25) is 0 Å². The van der Waals surface area contributed by atoms with Gasteiger partial charge in [0.25, 0.3) is 0 Å². The molecule has 3 nitrogen and oxygen atoms in total. The van der Waals surface area contributed by atoms with Crippen molar-refractivity contribution in [3.05, 3.63) is 0 Å². The van der Waals surface area contributed by atoms with Gasteiger partial charge in [-0.15, -0.1) is 0 Å². The number of hydrogen-bond donors (Lipinski definition) is 2. The highest BCUT2D eigenvalue weighted by Gasteiger charge is 2.03. The summed E-state index contributed by atoms with van der Waals surface area (Å²) in [6.07, 6.45) is 2.77. The molecule has 0 aliphatic rings. The highest BCUT2D eigenvalue weighted by molar-refractivity contribution is 4.55. The molecule has 0 bridgehead atoms. The van der Waals surface area contributed by atoms with Crippen LogP contribution in [-0.2, 0) is 4.74 Å². The minimum Gasteiger partial charge on any atom is -0.392 e. The fraction of sp³-hybridized carbons (Fsp3) is 1.00. The summed E-state index contributed by atoms with van der Waals surface area (Å²) in [6, 6.07) is 0. The third-order valence-corrected chi connectivity index (χ3v) is 1.82. The Morgan fingerprint density at radius 1 is 1.42 bits per heavy atom. The fourth-order valence-electron chi connectivity index (χ4n) is 1.01. The van der Waals surface area contributed by atoms with Crippen LogP contribution >= 0.6 is 0 Å². The largest absolute Gasteiger partial charge is 0.392 e. The molecule has 0 aromatic rings. The van der Waals surface area contributed by atoms with Crippen molar-refractivity contribution in [3.63, 3.8) is 0 Å². The second kappa shape index (κ2) is 7.53. The van der Waals surface area contributed by atoms with Gasteiger partial charge in [-0.2, -0.15) is 0 Å². The zero-order chi connectivity index (χ0) is 9.40. The molecule has 0 amide bonds. The molecule has 2 atom stereocenters. The number of rotatable bonds is 7. The molecule has 0 saturated carbocycles. The summed E-state index contributed by atoms with van der Waals surface area (Å²) in [4.78, 5) is 0. The number of aliphatic hydroxyl groups excluding tert-OH is 1. The molecule has 3 heteroatoms. The Bertz CT molecular complexity index is 98.5. The molecular formula is C9H21NO2. The average molecular weight is 175 g/mol. The third-order valence-electron chi connectivity index (χ3n) is 1.82. The number of ether oxygens (including phenoxy) is 1. The van der Waals surface area contributed by atoms with Gasteiger partial charge in [0.2, 0.25) is 0 Å². The van der Waals surface area contributed by atoms with E-state index in [-0.39, 0.29) is 0 Å². The fourth-order valence-corrected chi connectivity index (χ4v) is 1.01. The van der Waals surface area contributed by atoms with E-state index in [9.17, 15) is 0 Å². The van der Waals surface area contributed by atoms with Crippen molar-refractivity contribution in [3.8, 4) is 0 Å². The van der Waals surface area contributed by atoms with Crippen LogP contribution in [0.5, 0.6) is 0 Å². The molecule has 0 aliphatic carbocycles. The average Bonchev–Trinajstić information content (AvgIpc) is 2.04. The standard InChI is InChI=1S/C9H21NO2/c1-3-4-8(2)12-6-5-9(11)7-10/h8-9,11H,3-7,10H2,1-2H3. The topological polar surface area (TPSA) is 55.5 Å². The van der Waals surface area contributed by atoms with E-state index in [1.807, 2.05) is 0 Å². The maximum Gasteiger partial charge on any atom is 0.0684 e. The number of nitrogens with two attached hydrogens (primary N) is 1. The van der Waals surface area contributed by atoms with Crippen LogP contribution in [-0.4, -0.2) is 30.5 Å². The first-order chi connectivity index (χ1) is 5.70. The van der Waals surface area contributed by atoms with Gasteiger partial charge in [-0.1, -0.05) is 13.3 Å². The van der Waals surface area contributed by atoms with Crippen molar-refractivity contribution >= 4 is 0 Å². The van der Waals surface area contributed by atoms with Crippen molar-refractivity contribution in [1.82, 2.24) is 0 Å². The molecule has 0 aliphatic heterocycles. The second-order valence-corrected chi connectivity index (χ2v) is 3.15. The Labute approximate surface area is 74.9 Å². The summed E-state index contributed by atoms with van der Waals surface area (Å²) >= 11 is 0. The van der Waals surface area contributed by atoms with Crippen LogP contribution in [0.2, 0.25) is 0 Å². The SMILES string of the molecule is CCCC(C)OCCC(O)CN. The highest BCUT2D eigenvalue weighted by Crippen LogP contribution is 2.01. The smallest absolute Gasteiger partial charge is 0.0684 e. The zero-order valence-electron chi connectivity index (χ0n) is 8.12. The first-order valence-electron chi connectivity index (χ1n) is 4.70. The van der Waals surface area contributed by atoms with E-state index in [1.165, 1.54) is 0 Å². The first-order valence-corrected chi connectivity index (χ1v) is 4.70. The molecule has 0 heterocycles. The third kappa shape index (κ3) is 6.58. The van der Waals surface area contributed by atoms with Gasteiger partial charge < -0.3 is 15.6 Å². The van der Waals surface area contributed by atoms with E-state index in [0.717, 1.165) is 12.8 Å². The lowest BCUT2D eigenvalue weighted by Crippen LogP contribution is -2.22. The maximum atomic E-state index is 9.10. The molecule has 3 N–H and O–H groups in total. The monoisotopic (exact) mass is 175 g/mol. The lowest BCUT2D eigenvalue weighted by Gasteiger charge is -2.13. The summed E-state index contributed by atoms with van der Waals surface area (Å²) in [5.41, 5.74) is 5.24. The van der Waals surface area contributed by atoms with Gasteiger partial charge in [-0.25, -0.2) is 0 Å². The number of hydrogen-bond acceptors (Lipinski definition) is 3. The van der Waals surface area contributed by atoms with Gasteiger partial charge in [0, 0.05) is 13.2 Å². The van der Waals surface area contributed by atoms with Crippen LogP contribution in [0.1, 0.15) is 33.1 Å². The Hall–Kier alpha value is -0.120. The van der Waals surface area contributed by atoms with E-state index in [0.29, 0.717) is 25.7 Å². The summed E-state index contributed by atoms with van der Waals surface area (Å²) < 4.78 is 5.44. The quantitative estimate of drug-likeness (QED) is 0.604. The Morgan fingerprint density at radius 3 is 2.58 bits per heavy atom. The van der Waals surface area contributed by atoms with Crippen molar-refractivity contribution in [2.75, 3.05) is 13.2 Å². The lowest BCUT2D eigenvalue weighted by molar-refractivity contribution is 0.0351. The Kier molecular flexibility index (Phi) is 7.45. The van der Waals surface area contributed by atoms with Gasteiger partial charge in [0.15, 0.2) is 0 Å². The van der Waals surface area contributed by atoms with Gasteiger partial charge >= 0.3 is 0 Å². The summed E-state index contributed by atoms with van der Waals surface area (Å²) in [5, 5.41) is 9.10. The zero-order valence-corrected chi connectivity index (χ0v) is 8.12. The van der Waals surface area contributed by atoms with E-state index in [4.69, 9.17) is 15.6 Å². The normalized spacial score (nSPS) is 16.0. The molecule has 0 aromatic heterocycles. The lowest BCUT2D eigenvalue weighted by atomic mass is 10.2. The molecule has 0 radical (unpaired) electrons. The minimum atomic E-state index is -0.404. The molecule has 0 saturated heterocycles. The van der Waals surface area contributed by atoms with Crippen molar-refractivity contribution in [2.45, 2.75) is 45.3 Å². The van der Waals surface area contributed by atoms with Crippen LogP contribution in [0.25, 0.3) is 0 Å². The van der Waals surface area contributed by atoms with Crippen LogP contribution < -0.4 is 5.73 Å². The number of aliphatic hydroxyl groups is 1. The molecule has 0 fully saturated rings. The minimum absolute atomic E-state index is 0.306. The van der Waals surface area contributed by atoms with Gasteiger partial charge in [0.1, 0.15) is 0 Å². The predicted octanol–water partition coefficient (Wildman–Crippen LogP) is 0.901. The summed E-state index contributed by atoms with van der Waals surface area (Å²) in [6.45, 7) is 5.12. The molecular weight excluding hydrogens is 154 g/mol. The van der Waals surface area contributed by atoms with E-state index in [1.54, 1.807) is 0 Å². The second-order valence-electron chi connectivity index (χ2n) is 3.15. The molecule has 74 valence electrons. The van der Waals surface area contributed by atoms with Gasteiger partial charge in [0.05, 0.1) is 12.2 Å². The van der Waals surface area contributed by atoms with Crippen molar-refractivity contribution in [2.24, 2.45) is 5.73 Å². The van der Waals surface area contributed by atoms with E-state index in [2.05, 4.69) is 13.8 Å². The molecule has 12 heavy (non-hydrogen) atoms. The van der Waals surface area contributed by atoms with Crippen LogP contribution in [0, 0.1) is 0 Å². The van der Waals surface area contributed by atoms with E-state index < -0.39 is 6.10 Å². The van der Waals surface area contributed by atoms with Crippen LogP contribution in [0.3, 0.4) is 0 Å². The molecule has 0 rings (SSSR count). The van der Waals surface area contributed by atoms with E-state index >= 15 is 0 Å². The summed E-state index contributed by atoms with van der Waals surface area (Å²) in [7, 11) is 0. The highest BCUT2D eigenvalue weighted by atomic mass is 16.5. The maximum absolute atomic E-state index is 9.10. The summed E-state index contributed by atoms with van der Waals surface area (Å²) in [5.74, 6) is 0. The predicted molar refractivity (Wildman–Crippen MR) is 50.0 cm³/mol. The Balaban J connectivity index is 3.18. The van der Waals surface area contributed by atoms with Crippen LogP contribution in [0.4, 0.5) is 0 Å².